The molecule has 0 unspecified atom stereocenters. The second-order valence-corrected chi connectivity index (χ2v) is 11.5. The van der Waals surface area contributed by atoms with Gasteiger partial charge in [-0.3, -0.25) is 4.68 Å². The van der Waals surface area contributed by atoms with Gasteiger partial charge < -0.3 is 14.5 Å². The van der Waals surface area contributed by atoms with E-state index in [1.165, 1.54) is 31.6 Å². The molecule has 4 heterocycles. The van der Waals surface area contributed by atoms with E-state index in [0.717, 1.165) is 6.07 Å². The summed E-state index contributed by atoms with van der Waals surface area (Å²) in [6, 6.07) is 7.96. The Morgan fingerprint density at radius 1 is 1.07 bits per heavy atom. The van der Waals surface area contributed by atoms with Crippen molar-refractivity contribution in [1.82, 2.24) is 24.7 Å². The summed E-state index contributed by atoms with van der Waals surface area (Å²) < 4.78 is 85.0. The molecule has 5 aromatic rings. The van der Waals surface area contributed by atoms with Crippen molar-refractivity contribution < 1.29 is 31.1 Å². The Labute approximate surface area is 238 Å². The Kier molecular flexibility index (Phi) is 7.43. The molecule has 218 valence electrons. The summed E-state index contributed by atoms with van der Waals surface area (Å²) in [6.07, 6.45) is 6.29. The van der Waals surface area contributed by atoms with E-state index in [1.54, 1.807) is 23.1 Å². The summed E-state index contributed by atoms with van der Waals surface area (Å²) in [5.41, 5.74) is 1.34. The summed E-state index contributed by atoms with van der Waals surface area (Å²) in [6.45, 7) is 0.433. The lowest BCUT2D eigenvalue weighted by Crippen LogP contribution is -2.34. The molecule has 1 aliphatic heterocycles. The Morgan fingerprint density at radius 2 is 1.88 bits per heavy atom. The quantitative estimate of drug-likeness (QED) is 0.249. The van der Waals surface area contributed by atoms with E-state index < -0.39 is 44.8 Å². The minimum atomic E-state index is -4.80. The lowest BCUT2D eigenvalue weighted by molar-refractivity contribution is 0.0663. The van der Waals surface area contributed by atoms with Crippen LogP contribution in [0.3, 0.4) is 0 Å². The second kappa shape index (κ2) is 11.2. The van der Waals surface area contributed by atoms with E-state index in [-0.39, 0.29) is 17.3 Å². The Balaban J connectivity index is 1.53. The number of sulfonamides is 1. The molecule has 1 N–H and O–H groups in total. The van der Waals surface area contributed by atoms with Crippen LogP contribution in [0.25, 0.3) is 33.5 Å². The number of aromatic amines is 1. The highest BCUT2D eigenvalue weighted by molar-refractivity contribution is 7.92. The number of fused-ring (bicyclic) bond motifs is 1. The molecule has 0 radical (unpaired) electrons. The maximum atomic E-state index is 16.5. The zero-order valence-corrected chi connectivity index (χ0v) is 23.1. The van der Waals surface area contributed by atoms with Gasteiger partial charge >= 0.3 is 0 Å². The van der Waals surface area contributed by atoms with Gasteiger partial charge in [-0.1, -0.05) is 6.07 Å². The van der Waals surface area contributed by atoms with Gasteiger partial charge in [0.25, 0.3) is 10.0 Å². The zero-order valence-electron chi connectivity index (χ0n) is 22.3. The summed E-state index contributed by atoms with van der Waals surface area (Å²) in [5, 5.41) is 5.45. The molecule has 0 saturated carbocycles. The number of hydrogen-bond acceptors (Lipinski definition) is 7. The number of rotatable bonds is 8. The third-order valence-electron chi connectivity index (χ3n) is 7.12. The minimum Gasteiger partial charge on any atom is -0.381 e. The van der Waals surface area contributed by atoms with E-state index in [4.69, 9.17) is 14.6 Å². The monoisotopic (exact) mass is 598 g/mol. The molecule has 0 bridgehead atoms. The average Bonchev–Trinajstić information content (AvgIpc) is 3.66. The van der Waals surface area contributed by atoms with Crippen LogP contribution in [0.4, 0.5) is 18.9 Å². The van der Waals surface area contributed by atoms with Crippen LogP contribution in [0, 0.1) is 17.5 Å². The highest BCUT2D eigenvalue weighted by atomic mass is 32.2. The van der Waals surface area contributed by atoms with Gasteiger partial charge in [0, 0.05) is 49.2 Å². The molecule has 2 aromatic carbocycles. The third kappa shape index (κ3) is 4.91. The van der Waals surface area contributed by atoms with Crippen LogP contribution in [-0.2, 0) is 19.5 Å². The van der Waals surface area contributed by atoms with Crippen LogP contribution in [0.15, 0.2) is 66.1 Å². The molecule has 42 heavy (non-hydrogen) atoms. The van der Waals surface area contributed by atoms with Crippen molar-refractivity contribution in [1.29, 1.82) is 0 Å². The van der Waals surface area contributed by atoms with Gasteiger partial charge in [-0.2, -0.15) is 5.10 Å². The predicted molar refractivity (Wildman–Crippen MR) is 147 cm³/mol. The van der Waals surface area contributed by atoms with Crippen LogP contribution in [0.5, 0.6) is 0 Å². The largest absolute Gasteiger partial charge is 0.381 e. The van der Waals surface area contributed by atoms with Crippen LogP contribution >= 0.6 is 0 Å². The average molecular weight is 599 g/mol. The first-order valence-corrected chi connectivity index (χ1v) is 14.4. The number of hydrogen-bond donors (Lipinski definition) is 1. The second-order valence-electron chi connectivity index (χ2n) is 9.66. The van der Waals surface area contributed by atoms with Crippen LogP contribution < -0.4 is 4.31 Å². The van der Waals surface area contributed by atoms with Crippen molar-refractivity contribution >= 4 is 26.7 Å². The zero-order chi connectivity index (χ0) is 29.4. The van der Waals surface area contributed by atoms with Crippen LogP contribution in [0.2, 0.25) is 0 Å². The number of nitrogens with one attached hydrogen (secondary N) is 1. The number of ether oxygens (including phenoxy) is 2. The lowest BCUT2D eigenvalue weighted by Gasteiger charge is -2.25. The van der Waals surface area contributed by atoms with Crippen molar-refractivity contribution in [2.45, 2.75) is 23.8 Å². The maximum absolute atomic E-state index is 16.5. The van der Waals surface area contributed by atoms with E-state index in [9.17, 15) is 17.2 Å². The molecule has 0 aliphatic carbocycles. The molecular weight excluding hydrogens is 573 g/mol. The first kappa shape index (κ1) is 27.9. The SMILES string of the molecule is COCN(c1cccc(-c2nn(C3CCOCC3)cc2-c2ncnc3[nH]ccc23)c1F)S(=O)(=O)c1cc(F)ccc1F. The first-order valence-electron chi connectivity index (χ1n) is 13.0. The van der Waals surface area contributed by atoms with Gasteiger partial charge in [-0.15, -0.1) is 0 Å². The molecule has 0 atom stereocenters. The number of methoxy groups -OCH3 is 1. The van der Waals surface area contributed by atoms with E-state index in [0.29, 0.717) is 64.8 Å². The van der Waals surface area contributed by atoms with Gasteiger partial charge in [0.1, 0.15) is 40.9 Å². The molecule has 0 amide bonds. The summed E-state index contributed by atoms with van der Waals surface area (Å²) in [7, 11) is -3.59. The van der Waals surface area contributed by atoms with Gasteiger partial charge in [-0.05, 0) is 49.2 Å². The molecule has 14 heteroatoms. The number of aromatic nitrogens is 5. The molecule has 1 saturated heterocycles. The standard InChI is InChI=1S/C28H25F3N6O4S/c1-40-16-37(42(38,39)24-13-17(29)5-6-22(24)30)23-4-2-3-19(25(23)31)27-21(14-36(35-27)18-8-11-41-12-9-18)26-20-7-10-32-28(20)34-15-33-26/h2-7,10,13-15,18H,8-9,11-12,16H2,1H3,(H,32,33,34). The molecule has 6 rings (SSSR count). The van der Waals surface area contributed by atoms with Gasteiger partial charge in [0.05, 0.1) is 17.4 Å². The predicted octanol–water partition coefficient (Wildman–Crippen LogP) is 5.06. The molecular formula is C28H25F3N6O4S. The molecule has 1 fully saturated rings. The van der Waals surface area contributed by atoms with Crippen LogP contribution in [0.1, 0.15) is 18.9 Å². The van der Waals surface area contributed by atoms with Gasteiger partial charge in [0.2, 0.25) is 0 Å². The fraction of sp³-hybridized carbons (Fsp3) is 0.250. The first-order chi connectivity index (χ1) is 20.3. The fourth-order valence-corrected chi connectivity index (χ4v) is 6.52. The summed E-state index contributed by atoms with van der Waals surface area (Å²) in [4.78, 5) is 10.8. The number of benzene rings is 2. The Morgan fingerprint density at radius 3 is 2.67 bits per heavy atom. The topological polar surface area (TPSA) is 115 Å². The Bertz CT molecular complexity index is 1870. The molecule has 3 aromatic heterocycles. The van der Waals surface area contributed by atoms with Gasteiger partial charge in [-0.25, -0.2) is 35.9 Å². The summed E-state index contributed by atoms with van der Waals surface area (Å²) >= 11 is 0. The number of halogens is 3. The Hall–Kier alpha value is -4.27. The van der Waals surface area contributed by atoms with Crippen molar-refractivity contribution in [3.8, 4) is 22.5 Å². The number of H-pyrrole nitrogens is 1. The van der Waals surface area contributed by atoms with Crippen molar-refractivity contribution in [3.63, 3.8) is 0 Å². The molecule has 10 nitrogen and oxygen atoms in total. The number of nitrogens with zero attached hydrogens (tertiary/aromatic N) is 5. The highest BCUT2D eigenvalue weighted by Crippen LogP contribution is 2.39. The smallest absolute Gasteiger partial charge is 0.269 e. The number of anilines is 1. The van der Waals surface area contributed by atoms with E-state index >= 15 is 4.39 Å². The van der Waals surface area contributed by atoms with Crippen molar-refractivity contribution in [3.05, 3.63) is 78.6 Å². The van der Waals surface area contributed by atoms with Crippen molar-refractivity contribution in [2.75, 3.05) is 31.4 Å². The van der Waals surface area contributed by atoms with Crippen molar-refractivity contribution in [2.24, 2.45) is 0 Å². The lowest BCUT2D eigenvalue weighted by atomic mass is 10.0. The minimum absolute atomic E-state index is 0.0117. The van der Waals surface area contributed by atoms with Gasteiger partial charge in [0.15, 0.2) is 5.82 Å². The third-order valence-corrected chi connectivity index (χ3v) is 8.87. The highest BCUT2D eigenvalue weighted by Gasteiger charge is 2.32. The fourth-order valence-electron chi connectivity index (χ4n) is 5.06. The normalized spacial score (nSPS) is 14.5. The van der Waals surface area contributed by atoms with E-state index in [1.807, 2.05) is 0 Å². The molecule has 0 spiro atoms. The summed E-state index contributed by atoms with van der Waals surface area (Å²) in [5.74, 6) is -3.11. The molecule has 1 aliphatic rings. The van der Waals surface area contributed by atoms with E-state index in [2.05, 4.69) is 15.0 Å². The van der Waals surface area contributed by atoms with Crippen LogP contribution in [-0.4, -0.2) is 60.2 Å². The maximum Gasteiger partial charge on any atom is 0.269 e.